The van der Waals surface area contributed by atoms with Crippen LogP contribution >= 0.6 is 11.6 Å². The topological polar surface area (TPSA) is 102 Å². The normalized spacial score (nSPS) is 10.3. The molecule has 0 saturated heterocycles. The molecule has 2 amide bonds. The Morgan fingerprint density at radius 2 is 1.69 bits per heavy atom. The number of carbonyl (C=O) groups excluding carboxylic acids is 2. The maximum Gasteiger partial charge on any atom is 0.252 e. The van der Waals surface area contributed by atoms with Gasteiger partial charge in [0.15, 0.2) is 0 Å². The van der Waals surface area contributed by atoms with Gasteiger partial charge in [0, 0.05) is 24.8 Å². The van der Waals surface area contributed by atoms with Gasteiger partial charge in [-0.1, -0.05) is 23.7 Å². The molecule has 1 aromatic carbocycles. The first kappa shape index (κ1) is 17.6. The lowest BCUT2D eigenvalue weighted by atomic mass is 10.2. The summed E-state index contributed by atoms with van der Waals surface area (Å²) >= 11 is 5.97. The van der Waals surface area contributed by atoms with Gasteiger partial charge in [0.25, 0.3) is 11.8 Å². The van der Waals surface area contributed by atoms with Gasteiger partial charge in [-0.25, -0.2) is 4.98 Å². The number of hydrogen-bond donors (Lipinski definition) is 2. The van der Waals surface area contributed by atoms with Gasteiger partial charge in [-0.15, -0.1) is 10.2 Å². The molecule has 2 N–H and O–H groups in total. The van der Waals surface area contributed by atoms with E-state index in [0.717, 1.165) is 0 Å². The number of pyridine rings is 1. The second kappa shape index (κ2) is 8.21. The fourth-order valence-corrected chi connectivity index (χ4v) is 2.44. The molecule has 0 aliphatic rings. The Morgan fingerprint density at radius 1 is 1.00 bits per heavy atom. The Morgan fingerprint density at radius 3 is 2.42 bits per heavy atom. The molecule has 3 rings (SSSR count). The standard InChI is InChI=1S/C17H15ClN6O2/c18-14-4-2-1-3-13(14)17(26)21-8-7-20-16(25)12-5-6-19-15(9-12)24-10-22-23-11-24/h1-6,9-11H,7-8H2,(H,20,25)(H,21,26). The van der Waals surface area contributed by atoms with Crippen molar-refractivity contribution in [3.63, 3.8) is 0 Å². The fraction of sp³-hybridized carbons (Fsp3) is 0.118. The van der Waals surface area contributed by atoms with Crippen molar-refractivity contribution in [1.29, 1.82) is 0 Å². The van der Waals surface area contributed by atoms with Gasteiger partial charge in [-0.2, -0.15) is 0 Å². The smallest absolute Gasteiger partial charge is 0.252 e. The van der Waals surface area contributed by atoms with Gasteiger partial charge < -0.3 is 10.6 Å². The first-order valence-corrected chi connectivity index (χ1v) is 8.15. The second-order valence-electron chi connectivity index (χ2n) is 5.26. The molecular formula is C17H15ClN6O2. The molecule has 0 radical (unpaired) electrons. The molecule has 0 unspecified atom stereocenters. The maximum atomic E-state index is 12.2. The quantitative estimate of drug-likeness (QED) is 0.640. The van der Waals surface area contributed by atoms with E-state index in [9.17, 15) is 9.59 Å². The molecule has 8 nitrogen and oxygen atoms in total. The molecule has 9 heteroatoms. The van der Waals surface area contributed by atoms with Crippen molar-refractivity contribution < 1.29 is 9.59 Å². The molecule has 0 aliphatic heterocycles. The van der Waals surface area contributed by atoms with E-state index in [1.165, 1.54) is 18.9 Å². The molecule has 2 aromatic heterocycles. The largest absolute Gasteiger partial charge is 0.350 e. The summed E-state index contributed by atoms with van der Waals surface area (Å²) in [6.07, 6.45) is 4.52. The van der Waals surface area contributed by atoms with Crippen molar-refractivity contribution in [2.45, 2.75) is 0 Å². The molecule has 132 valence electrons. The molecule has 0 aliphatic carbocycles. The van der Waals surface area contributed by atoms with Crippen LogP contribution in [-0.2, 0) is 0 Å². The zero-order chi connectivity index (χ0) is 18.4. The molecular weight excluding hydrogens is 356 g/mol. The Labute approximate surface area is 154 Å². The van der Waals surface area contributed by atoms with E-state index in [4.69, 9.17) is 11.6 Å². The van der Waals surface area contributed by atoms with Gasteiger partial charge in [-0.3, -0.25) is 14.2 Å². The minimum Gasteiger partial charge on any atom is -0.350 e. The number of rotatable bonds is 6. The average Bonchev–Trinajstić information content (AvgIpc) is 3.20. The summed E-state index contributed by atoms with van der Waals surface area (Å²) in [5, 5.41) is 13.2. The van der Waals surface area contributed by atoms with Gasteiger partial charge in [-0.05, 0) is 24.3 Å². The lowest BCUT2D eigenvalue weighted by molar-refractivity contribution is 0.0927. The number of amides is 2. The van der Waals surface area contributed by atoms with Crippen LogP contribution in [0.25, 0.3) is 5.82 Å². The summed E-state index contributed by atoms with van der Waals surface area (Å²) in [4.78, 5) is 28.4. The van der Waals surface area contributed by atoms with Crippen molar-refractivity contribution >= 4 is 23.4 Å². The summed E-state index contributed by atoms with van der Waals surface area (Å²) < 4.78 is 1.60. The molecule has 26 heavy (non-hydrogen) atoms. The minimum atomic E-state index is -0.288. The number of nitrogens with zero attached hydrogens (tertiary/aromatic N) is 4. The van der Waals surface area contributed by atoms with Crippen LogP contribution in [0.5, 0.6) is 0 Å². The molecule has 0 fully saturated rings. The number of benzene rings is 1. The zero-order valence-electron chi connectivity index (χ0n) is 13.6. The highest BCUT2D eigenvalue weighted by atomic mass is 35.5. The number of hydrogen-bond acceptors (Lipinski definition) is 5. The molecule has 2 heterocycles. The number of carbonyl (C=O) groups is 2. The van der Waals surface area contributed by atoms with Gasteiger partial charge >= 0.3 is 0 Å². The number of halogens is 1. The molecule has 0 spiro atoms. The van der Waals surface area contributed by atoms with Gasteiger partial charge in [0.2, 0.25) is 0 Å². The average molecular weight is 371 g/mol. The minimum absolute atomic E-state index is 0.270. The molecule has 0 atom stereocenters. The van der Waals surface area contributed by atoms with Crippen LogP contribution in [0.3, 0.4) is 0 Å². The number of aromatic nitrogens is 4. The van der Waals surface area contributed by atoms with E-state index in [0.29, 0.717) is 22.0 Å². The van der Waals surface area contributed by atoms with E-state index in [1.54, 1.807) is 41.0 Å². The van der Waals surface area contributed by atoms with Crippen molar-refractivity contribution in [3.8, 4) is 5.82 Å². The van der Waals surface area contributed by atoms with Crippen LogP contribution < -0.4 is 10.6 Å². The molecule has 0 saturated carbocycles. The van der Waals surface area contributed by atoms with Crippen molar-refractivity contribution in [1.82, 2.24) is 30.4 Å². The van der Waals surface area contributed by atoms with Gasteiger partial charge in [0.1, 0.15) is 18.5 Å². The monoisotopic (exact) mass is 370 g/mol. The maximum absolute atomic E-state index is 12.2. The van der Waals surface area contributed by atoms with E-state index >= 15 is 0 Å². The summed E-state index contributed by atoms with van der Waals surface area (Å²) in [7, 11) is 0. The third-order valence-corrected chi connectivity index (χ3v) is 3.84. The Bertz CT molecular complexity index is 913. The van der Waals surface area contributed by atoms with Crippen LogP contribution in [0.4, 0.5) is 0 Å². The summed E-state index contributed by atoms with van der Waals surface area (Å²) in [5.41, 5.74) is 0.842. The highest BCUT2D eigenvalue weighted by Crippen LogP contribution is 2.14. The fourth-order valence-electron chi connectivity index (χ4n) is 2.21. The Kier molecular flexibility index (Phi) is 5.55. The van der Waals surface area contributed by atoms with Crippen LogP contribution in [0.1, 0.15) is 20.7 Å². The highest BCUT2D eigenvalue weighted by molar-refractivity contribution is 6.33. The predicted octanol–water partition coefficient (Wildman–Crippen LogP) is 1.48. The summed E-state index contributed by atoms with van der Waals surface area (Å²) in [6.45, 7) is 0.554. The summed E-state index contributed by atoms with van der Waals surface area (Å²) in [6, 6.07) is 10.0. The zero-order valence-corrected chi connectivity index (χ0v) is 14.3. The van der Waals surface area contributed by atoms with E-state index in [1.807, 2.05) is 0 Å². The first-order valence-electron chi connectivity index (χ1n) is 7.77. The van der Waals surface area contributed by atoms with Crippen LogP contribution in [0.15, 0.2) is 55.2 Å². The van der Waals surface area contributed by atoms with Crippen molar-refractivity contribution in [2.75, 3.05) is 13.1 Å². The molecule has 3 aromatic rings. The SMILES string of the molecule is O=C(NCCNC(=O)c1ccccc1Cl)c1ccnc(-n2cnnc2)c1. The van der Waals surface area contributed by atoms with Crippen LogP contribution in [0, 0.1) is 0 Å². The predicted molar refractivity (Wildman–Crippen MR) is 95.3 cm³/mol. The molecule has 0 bridgehead atoms. The van der Waals surface area contributed by atoms with E-state index < -0.39 is 0 Å². The van der Waals surface area contributed by atoms with E-state index in [-0.39, 0.29) is 24.9 Å². The third kappa shape index (κ3) is 4.22. The van der Waals surface area contributed by atoms with Crippen molar-refractivity contribution in [2.24, 2.45) is 0 Å². The van der Waals surface area contributed by atoms with E-state index in [2.05, 4.69) is 25.8 Å². The van der Waals surface area contributed by atoms with Crippen molar-refractivity contribution in [3.05, 3.63) is 71.4 Å². The highest BCUT2D eigenvalue weighted by Gasteiger charge is 2.10. The third-order valence-electron chi connectivity index (χ3n) is 3.51. The first-order chi connectivity index (χ1) is 12.6. The lowest BCUT2D eigenvalue weighted by Crippen LogP contribution is -2.34. The Hall–Kier alpha value is -3.26. The second-order valence-corrected chi connectivity index (χ2v) is 5.67. The van der Waals surface area contributed by atoms with Crippen LogP contribution in [0.2, 0.25) is 5.02 Å². The van der Waals surface area contributed by atoms with Crippen LogP contribution in [-0.4, -0.2) is 44.7 Å². The Balaban J connectivity index is 1.51. The number of nitrogens with one attached hydrogen (secondary N) is 2. The lowest BCUT2D eigenvalue weighted by Gasteiger charge is -2.09. The van der Waals surface area contributed by atoms with Gasteiger partial charge in [0.05, 0.1) is 10.6 Å². The summed E-state index contributed by atoms with van der Waals surface area (Å²) in [5.74, 6) is -0.0213.